The van der Waals surface area contributed by atoms with Gasteiger partial charge >= 0.3 is 0 Å². The average Bonchev–Trinajstić information content (AvgIpc) is 3.05. The molecule has 3 aromatic rings. The number of amides is 2. The molecule has 0 spiro atoms. The molecule has 8 nitrogen and oxygen atoms in total. The lowest BCUT2D eigenvalue weighted by molar-refractivity contribution is -0.120. The van der Waals surface area contributed by atoms with E-state index in [2.05, 4.69) is 37.2 Å². The van der Waals surface area contributed by atoms with Gasteiger partial charge in [0.05, 0.1) is 42.0 Å². The van der Waals surface area contributed by atoms with Crippen LogP contribution in [0.5, 0.6) is 5.75 Å². The van der Waals surface area contributed by atoms with Crippen molar-refractivity contribution in [3.05, 3.63) is 70.0 Å². The van der Waals surface area contributed by atoms with Crippen LogP contribution in [0.1, 0.15) is 21.7 Å². The number of carbonyl (C=O) groups excluding carboxylic acids is 2. The van der Waals surface area contributed by atoms with E-state index in [1.807, 2.05) is 43.3 Å². The van der Waals surface area contributed by atoms with Crippen LogP contribution in [0.4, 0.5) is 5.69 Å². The molecule has 0 aliphatic rings. The number of aryl methyl sites for hydroxylation is 1. The van der Waals surface area contributed by atoms with Crippen molar-refractivity contribution in [1.82, 2.24) is 20.6 Å². The lowest BCUT2D eigenvalue weighted by atomic mass is 10.2. The first kappa shape index (κ1) is 21.4. The van der Waals surface area contributed by atoms with Gasteiger partial charge in [0.25, 0.3) is 11.8 Å². The number of anilines is 1. The first-order valence-corrected chi connectivity index (χ1v) is 9.98. The molecule has 0 unspecified atom stereocenters. The number of carbonyl (C=O) groups is 2. The van der Waals surface area contributed by atoms with E-state index in [0.29, 0.717) is 28.4 Å². The van der Waals surface area contributed by atoms with Gasteiger partial charge in [-0.3, -0.25) is 20.4 Å². The van der Waals surface area contributed by atoms with Crippen molar-refractivity contribution < 1.29 is 14.3 Å². The maximum Gasteiger partial charge on any atom is 0.273 e. The summed E-state index contributed by atoms with van der Waals surface area (Å²) in [7, 11) is 1.56. The zero-order valence-corrected chi connectivity index (χ0v) is 18.4. The summed E-state index contributed by atoms with van der Waals surface area (Å²) < 4.78 is 7.88. The van der Waals surface area contributed by atoms with E-state index < -0.39 is 11.8 Å². The number of aromatic nitrogens is 2. The zero-order chi connectivity index (χ0) is 21.7. The molecule has 30 heavy (non-hydrogen) atoms. The SMILES string of the molecule is COc1ccccc1NCC(=O)NNC(=O)c1c(C)nn(-c2ccc(Br)cc2)c1C. The van der Waals surface area contributed by atoms with Crippen LogP contribution in [-0.2, 0) is 4.79 Å². The zero-order valence-electron chi connectivity index (χ0n) is 16.8. The number of hydrazine groups is 1. The van der Waals surface area contributed by atoms with E-state index in [4.69, 9.17) is 4.74 Å². The first-order valence-electron chi connectivity index (χ1n) is 9.19. The van der Waals surface area contributed by atoms with Crippen molar-refractivity contribution in [3.8, 4) is 11.4 Å². The normalized spacial score (nSPS) is 10.4. The smallest absolute Gasteiger partial charge is 0.273 e. The Kier molecular flexibility index (Phi) is 6.73. The summed E-state index contributed by atoms with van der Waals surface area (Å²) in [5.41, 5.74) is 8.04. The molecule has 0 saturated heterocycles. The third kappa shape index (κ3) is 4.80. The molecule has 3 rings (SSSR count). The Bertz CT molecular complexity index is 1060. The molecular formula is C21H22BrN5O3. The maximum atomic E-state index is 12.6. The quantitative estimate of drug-likeness (QED) is 0.479. The van der Waals surface area contributed by atoms with E-state index in [1.165, 1.54) is 0 Å². The second-order valence-electron chi connectivity index (χ2n) is 6.49. The Morgan fingerprint density at radius 2 is 1.77 bits per heavy atom. The van der Waals surface area contributed by atoms with E-state index in [0.717, 1.165) is 10.2 Å². The van der Waals surface area contributed by atoms with Gasteiger partial charge in [-0.15, -0.1) is 0 Å². The fourth-order valence-electron chi connectivity index (χ4n) is 3.00. The number of rotatable bonds is 6. The Morgan fingerprint density at radius 3 is 2.47 bits per heavy atom. The van der Waals surface area contributed by atoms with Gasteiger partial charge in [0.1, 0.15) is 5.75 Å². The third-order valence-corrected chi connectivity index (χ3v) is 4.98. The molecular weight excluding hydrogens is 450 g/mol. The van der Waals surface area contributed by atoms with Crippen molar-refractivity contribution in [1.29, 1.82) is 0 Å². The van der Waals surface area contributed by atoms with Crippen LogP contribution in [0.2, 0.25) is 0 Å². The number of para-hydroxylation sites is 2. The number of hydrogen-bond acceptors (Lipinski definition) is 5. The van der Waals surface area contributed by atoms with E-state index in [9.17, 15) is 9.59 Å². The van der Waals surface area contributed by atoms with Crippen molar-refractivity contribution in [2.75, 3.05) is 19.0 Å². The summed E-state index contributed by atoms with van der Waals surface area (Å²) in [6.07, 6.45) is 0. The molecule has 1 heterocycles. The van der Waals surface area contributed by atoms with E-state index in [-0.39, 0.29) is 6.54 Å². The molecule has 0 saturated carbocycles. The molecule has 0 radical (unpaired) electrons. The number of nitrogens with one attached hydrogen (secondary N) is 3. The summed E-state index contributed by atoms with van der Waals surface area (Å²) in [4.78, 5) is 24.8. The summed E-state index contributed by atoms with van der Waals surface area (Å²) in [5, 5.41) is 7.43. The topological polar surface area (TPSA) is 97.3 Å². The largest absolute Gasteiger partial charge is 0.495 e. The summed E-state index contributed by atoms with van der Waals surface area (Å²) >= 11 is 3.40. The van der Waals surface area contributed by atoms with Crippen LogP contribution in [0.15, 0.2) is 53.0 Å². The highest BCUT2D eigenvalue weighted by Gasteiger charge is 2.20. The number of nitrogens with zero attached hydrogens (tertiary/aromatic N) is 2. The molecule has 2 amide bonds. The molecule has 1 aromatic heterocycles. The molecule has 0 aliphatic heterocycles. The van der Waals surface area contributed by atoms with Crippen LogP contribution in [0.25, 0.3) is 5.69 Å². The van der Waals surface area contributed by atoms with Gasteiger partial charge < -0.3 is 10.1 Å². The summed E-state index contributed by atoms with van der Waals surface area (Å²) in [6, 6.07) is 14.9. The van der Waals surface area contributed by atoms with Crippen LogP contribution in [0.3, 0.4) is 0 Å². The molecule has 0 bridgehead atoms. The fourth-order valence-corrected chi connectivity index (χ4v) is 3.27. The minimum Gasteiger partial charge on any atom is -0.495 e. The highest BCUT2D eigenvalue weighted by molar-refractivity contribution is 9.10. The van der Waals surface area contributed by atoms with Gasteiger partial charge in [0.2, 0.25) is 0 Å². The highest BCUT2D eigenvalue weighted by Crippen LogP contribution is 2.22. The van der Waals surface area contributed by atoms with Crippen LogP contribution in [0, 0.1) is 13.8 Å². The summed E-state index contributed by atoms with van der Waals surface area (Å²) in [5.74, 6) is -0.204. The monoisotopic (exact) mass is 471 g/mol. The second kappa shape index (κ2) is 9.45. The molecule has 0 aliphatic carbocycles. The Hall–Kier alpha value is -3.33. The Labute approximate surface area is 182 Å². The molecule has 0 fully saturated rings. The second-order valence-corrected chi connectivity index (χ2v) is 7.41. The number of hydrogen-bond donors (Lipinski definition) is 3. The van der Waals surface area contributed by atoms with Gasteiger partial charge in [0.15, 0.2) is 0 Å². The van der Waals surface area contributed by atoms with Gasteiger partial charge in [-0.1, -0.05) is 28.1 Å². The molecule has 9 heteroatoms. The maximum absolute atomic E-state index is 12.6. The van der Waals surface area contributed by atoms with Gasteiger partial charge in [0, 0.05) is 4.47 Å². The van der Waals surface area contributed by atoms with Crippen molar-refractivity contribution in [2.24, 2.45) is 0 Å². The van der Waals surface area contributed by atoms with Gasteiger partial charge in [-0.25, -0.2) is 4.68 Å². The van der Waals surface area contributed by atoms with Crippen LogP contribution < -0.4 is 20.9 Å². The number of benzene rings is 2. The predicted molar refractivity (Wildman–Crippen MR) is 118 cm³/mol. The van der Waals surface area contributed by atoms with E-state index in [1.54, 1.807) is 30.8 Å². The number of halogens is 1. The molecule has 3 N–H and O–H groups in total. The number of methoxy groups -OCH3 is 1. The molecule has 0 atom stereocenters. The van der Waals surface area contributed by atoms with Crippen molar-refractivity contribution in [2.45, 2.75) is 13.8 Å². The lowest BCUT2D eigenvalue weighted by Crippen LogP contribution is -2.44. The van der Waals surface area contributed by atoms with Gasteiger partial charge in [-0.2, -0.15) is 5.10 Å². The van der Waals surface area contributed by atoms with Crippen LogP contribution in [-0.4, -0.2) is 35.2 Å². The van der Waals surface area contributed by atoms with Crippen molar-refractivity contribution in [3.63, 3.8) is 0 Å². The lowest BCUT2D eigenvalue weighted by Gasteiger charge is -2.11. The summed E-state index contributed by atoms with van der Waals surface area (Å²) in [6.45, 7) is 3.53. The Balaban J connectivity index is 1.62. The number of ether oxygens (including phenoxy) is 1. The highest BCUT2D eigenvalue weighted by atomic mass is 79.9. The fraction of sp³-hybridized carbons (Fsp3) is 0.190. The predicted octanol–water partition coefficient (Wildman–Crippen LogP) is 3.13. The third-order valence-electron chi connectivity index (χ3n) is 4.45. The minimum absolute atomic E-state index is 0.0310. The average molecular weight is 472 g/mol. The van der Waals surface area contributed by atoms with Gasteiger partial charge in [-0.05, 0) is 50.2 Å². The first-order chi connectivity index (χ1) is 14.4. The standard InChI is InChI=1S/C21H22BrN5O3/c1-13-20(14(2)27(26-13)16-10-8-15(22)9-11-16)21(29)25-24-19(28)12-23-17-6-4-5-7-18(17)30-3/h4-11,23H,12H2,1-3H3,(H,24,28)(H,25,29). The molecule has 156 valence electrons. The Morgan fingerprint density at radius 1 is 1.07 bits per heavy atom. The van der Waals surface area contributed by atoms with Crippen molar-refractivity contribution >= 4 is 33.4 Å². The minimum atomic E-state index is -0.431. The van der Waals surface area contributed by atoms with E-state index >= 15 is 0 Å². The molecule has 2 aromatic carbocycles. The van der Waals surface area contributed by atoms with Crippen LogP contribution >= 0.6 is 15.9 Å².